The fraction of sp³-hybridized carbons (Fsp3) is 0.750. The van der Waals surface area contributed by atoms with E-state index >= 15 is 0 Å². The molecule has 0 rings (SSSR count). The summed E-state index contributed by atoms with van der Waals surface area (Å²) in [5, 5.41) is 11.0. The molecule has 0 saturated carbocycles. The molecule has 3 heteroatoms. The second-order valence-electron chi connectivity index (χ2n) is 2.74. The van der Waals surface area contributed by atoms with Crippen molar-refractivity contribution in [3.63, 3.8) is 0 Å². The lowest BCUT2D eigenvalue weighted by Crippen LogP contribution is -2.25. The zero-order valence-corrected chi connectivity index (χ0v) is 7.05. The monoisotopic (exact) mass is 154 g/mol. The fourth-order valence-corrected chi connectivity index (χ4v) is 0.731. The van der Waals surface area contributed by atoms with Gasteiger partial charge < -0.3 is 5.32 Å². The zero-order valence-electron chi connectivity index (χ0n) is 7.05. The molecule has 0 radical (unpaired) electrons. The topological polar surface area (TPSA) is 52.9 Å². The van der Waals surface area contributed by atoms with Crippen LogP contribution in [0.3, 0.4) is 0 Å². The van der Waals surface area contributed by atoms with Gasteiger partial charge in [-0.2, -0.15) is 5.26 Å². The van der Waals surface area contributed by atoms with E-state index in [-0.39, 0.29) is 5.91 Å². The third-order valence-corrected chi connectivity index (χ3v) is 1.45. The van der Waals surface area contributed by atoms with Gasteiger partial charge in [0.1, 0.15) is 0 Å². The van der Waals surface area contributed by atoms with E-state index in [4.69, 9.17) is 5.26 Å². The predicted octanol–water partition coefficient (Wildman–Crippen LogP) is 1.06. The molecule has 1 atom stereocenters. The van der Waals surface area contributed by atoms with Gasteiger partial charge in [-0.1, -0.05) is 6.92 Å². The van der Waals surface area contributed by atoms with Gasteiger partial charge in [0.15, 0.2) is 0 Å². The molecule has 62 valence electrons. The Bertz CT molecular complexity index is 160. The molecule has 0 aromatic carbocycles. The molecule has 0 bridgehead atoms. The van der Waals surface area contributed by atoms with Crippen LogP contribution in [0, 0.1) is 17.2 Å². The summed E-state index contributed by atoms with van der Waals surface area (Å²) in [4.78, 5) is 10.4. The van der Waals surface area contributed by atoms with Gasteiger partial charge in [-0.25, -0.2) is 0 Å². The second kappa shape index (κ2) is 5.72. The summed E-state index contributed by atoms with van der Waals surface area (Å²) in [6.07, 6.45) is 1.43. The first-order valence-electron chi connectivity index (χ1n) is 3.78. The first kappa shape index (κ1) is 9.96. The van der Waals surface area contributed by atoms with Gasteiger partial charge in [0, 0.05) is 19.9 Å². The lowest BCUT2D eigenvalue weighted by atomic mass is 10.1. The van der Waals surface area contributed by atoms with Gasteiger partial charge in [0.2, 0.25) is 5.91 Å². The van der Waals surface area contributed by atoms with E-state index < -0.39 is 0 Å². The summed E-state index contributed by atoms with van der Waals surface area (Å²) < 4.78 is 0. The largest absolute Gasteiger partial charge is 0.356 e. The molecule has 0 heterocycles. The van der Waals surface area contributed by atoms with E-state index in [1.54, 1.807) is 0 Å². The number of nitrogens with zero attached hydrogens (tertiary/aromatic N) is 1. The molecule has 0 aliphatic heterocycles. The molecule has 0 fully saturated rings. The van der Waals surface area contributed by atoms with E-state index in [2.05, 4.69) is 11.4 Å². The molecule has 11 heavy (non-hydrogen) atoms. The van der Waals surface area contributed by atoms with E-state index in [0.29, 0.717) is 18.9 Å². The molecule has 1 unspecified atom stereocenters. The van der Waals surface area contributed by atoms with Crippen LogP contribution in [0.5, 0.6) is 0 Å². The van der Waals surface area contributed by atoms with Crippen LogP contribution in [0.4, 0.5) is 0 Å². The Labute approximate surface area is 67.4 Å². The van der Waals surface area contributed by atoms with Gasteiger partial charge in [-0.15, -0.1) is 0 Å². The predicted molar refractivity (Wildman–Crippen MR) is 42.7 cm³/mol. The maximum absolute atomic E-state index is 10.4. The van der Waals surface area contributed by atoms with Crippen LogP contribution >= 0.6 is 0 Å². The number of amides is 1. The number of rotatable bonds is 4. The molecule has 3 nitrogen and oxygen atoms in total. The van der Waals surface area contributed by atoms with Gasteiger partial charge in [0.25, 0.3) is 0 Å². The summed E-state index contributed by atoms with van der Waals surface area (Å²) >= 11 is 0. The Morgan fingerprint density at radius 3 is 2.82 bits per heavy atom. The van der Waals surface area contributed by atoms with Crippen molar-refractivity contribution in [1.29, 1.82) is 5.26 Å². The standard InChI is InChI=1S/C8H14N2O/c1-7(4-3-5-9)6-10-8(2)11/h7H,3-4,6H2,1-2H3,(H,10,11). The van der Waals surface area contributed by atoms with Gasteiger partial charge in [-0.05, 0) is 12.3 Å². The highest BCUT2D eigenvalue weighted by atomic mass is 16.1. The second-order valence-corrected chi connectivity index (χ2v) is 2.74. The number of hydrogen-bond donors (Lipinski definition) is 1. The number of carbonyl (C=O) groups excluding carboxylic acids is 1. The Morgan fingerprint density at radius 1 is 1.73 bits per heavy atom. The van der Waals surface area contributed by atoms with Crippen molar-refractivity contribution in [3.05, 3.63) is 0 Å². The van der Waals surface area contributed by atoms with Crippen LogP contribution < -0.4 is 5.32 Å². The maximum Gasteiger partial charge on any atom is 0.216 e. The van der Waals surface area contributed by atoms with Crippen LogP contribution in [0.1, 0.15) is 26.7 Å². The van der Waals surface area contributed by atoms with Crippen molar-refractivity contribution >= 4 is 5.91 Å². The highest BCUT2D eigenvalue weighted by Crippen LogP contribution is 2.02. The first-order chi connectivity index (χ1) is 5.16. The molecule has 0 aromatic rings. The molecule has 0 aromatic heterocycles. The van der Waals surface area contributed by atoms with Crippen molar-refractivity contribution in [3.8, 4) is 6.07 Å². The van der Waals surface area contributed by atoms with Gasteiger partial charge >= 0.3 is 0 Å². The number of nitrogens with one attached hydrogen (secondary N) is 1. The summed E-state index contributed by atoms with van der Waals surface area (Å²) in [5.74, 6) is 0.396. The van der Waals surface area contributed by atoms with Crippen LogP contribution in [0.25, 0.3) is 0 Å². The molecule has 0 aliphatic rings. The Hall–Kier alpha value is -1.04. The molecule has 0 aliphatic carbocycles. The molecule has 0 spiro atoms. The van der Waals surface area contributed by atoms with Crippen molar-refractivity contribution in [2.75, 3.05) is 6.54 Å². The van der Waals surface area contributed by atoms with E-state index in [1.807, 2.05) is 6.92 Å². The first-order valence-corrected chi connectivity index (χ1v) is 3.78. The molecular formula is C8H14N2O. The minimum atomic E-state index is -0.00573. The van der Waals surface area contributed by atoms with Crippen LogP contribution in [0.15, 0.2) is 0 Å². The highest BCUT2D eigenvalue weighted by Gasteiger charge is 2.01. The maximum atomic E-state index is 10.4. The lowest BCUT2D eigenvalue weighted by molar-refractivity contribution is -0.119. The lowest BCUT2D eigenvalue weighted by Gasteiger charge is -2.08. The third kappa shape index (κ3) is 6.85. The van der Waals surface area contributed by atoms with Gasteiger partial charge in [0.05, 0.1) is 6.07 Å². The molecule has 1 N–H and O–H groups in total. The third-order valence-electron chi connectivity index (χ3n) is 1.45. The SMILES string of the molecule is CC(=O)NCC(C)CCC#N. The van der Waals surface area contributed by atoms with Crippen LogP contribution in [-0.4, -0.2) is 12.5 Å². The fourth-order valence-electron chi connectivity index (χ4n) is 0.731. The van der Waals surface area contributed by atoms with Crippen molar-refractivity contribution < 1.29 is 4.79 Å². The zero-order chi connectivity index (χ0) is 8.69. The highest BCUT2D eigenvalue weighted by molar-refractivity contribution is 5.72. The minimum absolute atomic E-state index is 0.00573. The average Bonchev–Trinajstić information content (AvgIpc) is 1.97. The van der Waals surface area contributed by atoms with E-state index in [9.17, 15) is 4.79 Å². The van der Waals surface area contributed by atoms with Crippen molar-refractivity contribution in [2.24, 2.45) is 5.92 Å². The number of hydrogen-bond acceptors (Lipinski definition) is 2. The number of carbonyl (C=O) groups is 1. The summed E-state index contributed by atoms with van der Waals surface area (Å²) in [6.45, 7) is 4.20. The van der Waals surface area contributed by atoms with E-state index in [0.717, 1.165) is 6.42 Å². The van der Waals surface area contributed by atoms with Crippen LogP contribution in [-0.2, 0) is 4.79 Å². The normalized spacial score (nSPS) is 11.7. The Kier molecular flexibility index (Phi) is 5.18. The molecular weight excluding hydrogens is 140 g/mol. The summed E-state index contributed by atoms with van der Waals surface area (Å²) in [6, 6.07) is 2.07. The average molecular weight is 154 g/mol. The summed E-state index contributed by atoms with van der Waals surface area (Å²) in [7, 11) is 0. The Balaban J connectivity index is 3.31. The Morgan fingerprint density at radius 2 is 2.36 bits per heavy atom. The van der Waals surface area contributed by atoms with Crippen molar-refractivity contribution in [1.82, 2.24) is 5.32 Å². The van der Waals surface area contributed by atoms with Crippen LogP contribution in [0.2, 0.25) is 0 Å². The smallest absolute Gasteiger partial charge is 0.216 e. The number of nitriles is 1. The quantitative estimate of drug-likeness (QED) is 0.658. The molecule has 1 amide bonds. The minimum Gasteiger partial charge on any atom is -0.356 e. The summed E-state index contributed by atoms with van der Waals surface area (Å²) in [5.41, 5.74) is 0. The molecule has 0 saturated heterocycles. The van der Waals surface area contributed by atoms with Crippen molar-refractivity contribution in [2.45, 2.75) is 26.7 Å². The van der Waals surface area contributed by atoms with Gasteiger partial charge in [-0.3, -0.25) is 4.79 Å². The van der Waals surface area contributed by atoms with E-state index in [1.165, 1.54) is 6.92 Å².